The molecule has 0 saturated carbocycles. The van der Waals surface area contributed by atoms with Crippen molar-refractivity contribution < 1.29 is 19.2 Å². The van der Waals surface area contributed by atoms with Gasteiger partial charge < -0.3 is 0 Å². The van der Waals surface area contributed by atoms with E-state index >= 15 is 0 Å². The third-order valence-electron chi connectivity index (χ3n) is 5.85. The van der Waals surface area contributed by atoms with Crippen LogP contribution < -0.4 is 0 Å². The maximum Gasteiger partial charge on any atom is 0.199 e. The molecular weight excluding hydrogens is 504 g/mol. The van der Waals surface area contributed by atoms with E-state index in [1.54, 1.807) is 23.5 Å². The van der Waals surface area contributed by atoms with Crippen LogP contribution in [0.25, 0.3) is 31.0 Å². The van der Waals surface area contributed by atoms with E-state index in [0.717, 1.165) is 28.6 Å². The second-order valence-corrected chi connectivity index (χ2v) is 11.1. The van der Waals surface area contributed by atoms with Gasteiger partial charge in [-0.1, -0.05) is 0 Å². The molecule has 5 aromatic heterocycles. The van der Waals surface area contributed by atoms with Crippen molar-refractivity contribution in [1.82, 2.24) is 20.4 Å². The summed E-state index contributed by atoms with van der Waals surface area (Å²) in [7, 11) is 0. The largest absolute Gasteiger partial charge is 0.288 e. The SMILES string of the molecule is O=C1C(=Cc2cc3sc4cc(C=C5C(=O)c6cnncc6C5=O)sc4c3s2)C(=O)c2cnncc21. The Morgan fingerprint density at radius 1 is 0.514 bits per heavy atom. The Morgan fingerprint density at radius 3 is 1.20 bits per heavy atom. The summed E-state index contributed by atoms with van der Waals surface area (Å²) >= 11 is 4.56. The number of thiophene rings is 3. The second kappa shape index (κ2) is 7.22. The fraction of sp³-hybridized carbons (Fsp3) is 0. The summed E-state index contributed by atoms with van der Waals surface area (Å²) < 4.78 is 4.15. The third kappa shape index (κ3) is 2.89. The summed E-state index contributed by atoms with van der Waals surface area (Å²) in [5, 5.41) is 14.8. The van der Waals surface area contributed by atoms with Crippen LogP contribution >= 0.6 is 34.0 Å². The molecular formula is C24H8N4O4S3. The zero-order valence-electron chi connectivity index (χ0n) is 17.3. The van der Waals surface area contributed by atoms with Crippen LogP contribution in [0.5, 0.6) is 0 Å². The molecule has 0 saturated heterocycles. The zero-order chi connectivity index (χ0) is 23.8. The average Bonchev–Trinajstić information content (AvgIpc) is 3.62. The first-order valence-corrected chi connectivity index (χ1v) is 12.6. The quantitative estimate of drug-likeness (QED) is 0.247. The van der Waals surface area contributed by atoms with Crippen LogP contribution in [0, 0.1) is 0 Å². The Hall–Kier alpha value is -4.06. The first-order chi connectivity index (χ1) is 17.0. The molecule has 0 N–H and O–H groups in total. The molecule has 11 heteroatoms. The molecule has 166 valence electrons. The number of carbonyl (C=O) groups is 4. The summed E-state index contributed by atoms with van der Waals surface area (Å²) in [6.45, 7) is 0. The van der Waals surface area contributed by atoms with Crippen molar-refractivity contribution in [3.8, 4) is 0 Å². The summed E-state index contributed by atoms with van der Waals surface area (Å²) in [4.78, 5) is 52.2. The fourth-order valence-electron chi connectivity index (χ4n) is 4.21. The monoisotopic (exact) mass is 512 g/mol. The number of allylic oxidation sites excluding steroid dienone is 2. The van der Waals surface area contributed by atoms with Gasteiger partial charge in [-0.3, -0.25) is 19.2 Å². The maximum absolute atomic E-state index is 12.7. The summed E-state index contributed by atoms with van der Waals surface area (Å²) in [5.41, 5.74) is 1.32. The number of carbonyl (C=O) groups excluding carboxylic acids is 4. The van der Waals surface area contributed by atoms with Crippen molar-refractivity contribution >= 4 is 88.1 Å². The molecule has 0 radical (unpaired) electrons. The van der Waals surface area contributed by atoms with Crippen molar-refractivity contribution in [3.63, 3.8) is 0 Å². The van der Waals surface area contributed by atoms with Gasteiger partial charge in [-0.05, 0) is 24.3 Å². The van der Waals surface area contributed by atoms with E-state index in [4.69, 9.17) is 0 Å². The normalized spacial score (nSPS) is 15.0. The molecule has 2 aliphatic rings. The topological polar surface area (TPSA) is 120 Å². The molecule has 0 bridgehead atoms. The molecule has 0 aliphatic heterocycles. The van der Waals surface area contributed by atoms with Crippen LogP contribution in [0.4, 0.5) is 0 Å². The van der Waals surface area contributed by atoms with E-state index in [1.807, 2.05) is 12.1 Å². The Kier molecular flexibility index (Phi) is 4.19. The molecule has 0 spiro atoms. The number of hydrogen-bond acceptors (Lipinski definition) is 11. The Labute approximate surface area is 207 Å². The van der Waals surface area contributed by atoms with Gasteiger partial charge in [-0.15, -0.1) is 34.0 Å². The number of Topliss-reactive ketones (excluding diaryl/α,β-unsaturated/α-hetero) is 4. The van der Waals surface area contributed by atoms with Crippen LogP contribution in [-0.4, -0.2) is 43.5 Å². The van der Waals surface area contributed by atoms with Crippen molar-refractivity contribution in [3.05, 3.63) is 80.1 Å². The zero-order valence-corrected chi connectivity index (χ0v) is 19.7. The Morgan fingerprint density at radius 2 is 0.857 bits per heavy atom. The molecule has 5 heterocycles. The van der Waals surface area contributed by atoms with E-state index in [0.29, 0.717) is 0 Å². The first-order valence-electron chi connectivity index (χ1n) is 10.2. The third-order valence-corrected chi connectivity index (χ3v) is 9.52. The molecule has 0 aromatic carbocycles. The first kappa shape index (κ1) is 20.3. The predicted molar refractivity (Wildman–Crippen MR) is 132 cm³/mol. The van der Waals surface area contributed by atoms with Crippen molar-refractivity contribution in [1.29, 1.82) is 0 Å². The minimum atomic E-state index is -0.343. The van der Waals surface area contributed by atoms with Gasteiger partial charge in [0.15, 0.2) is 23.1 Å². The molecule has 2 aliphatic carbocycles. The van der Waals surface area contributed by atoms with Crippen LogP contribution in [0.2, 0.25) is 0 Å². The molecule has 7 rings (SSSR count). The van der Waals surface area contributed by atoms with E-state index in [2.05, 4.69) is 20.4 Å². The highest BCUT2D eigenvalue weighted by atomic mass is 32.1. The summed E-state index contributed by atoms with van der Waals surface area (Å²) in [6.07, 6.45) is 8.53. The van der Waals surface area contributed by atoms with Crippen LogP contribution in [0.3, 0.4) is 0 Å². The highest BCUT2D eigenvalue weighted by Gasteiger charge is 2.35. The number of rotatable bonds is 2. The van der Waals surface area contributed by atoms with E-state index in [1.165, 1.54) is 47.5 Å². The molecule has 0 amide bonds. The van der Waals surface area contributed by atoms with E-state index in [-0.39, 0.29) is 56.5 Å². The second-order valence-electron chi connectivity index (χ2n) is 7.85. The fourth-order valence-corrected chi connectivity index (χ4v) is 8.14. The Balaban J connectivity index is 1.26. The number of aromatic nitrogens is 4. The van der Waals surface area contributed by atoms with Crippen LogP contribution in [0.1, 0.15) is 51.2 Å². The summed E-state index contributed by atoms with van der Waals surface area (Å²) in [6, 6.07) is 3.92. The number of ketones is 4. The maximum atomic E-state index is 12.7. The smallest absolute Gasteiger partial charge is 0.199 e. The highest BCUT2D eigenvalue weighted by Crippen LogP contribution is 2.45. The lowest BCUT2D eigenvalue weighted by atomic mass is 10.1. The van der Waals surface area contributed by atoms with Gasteiger partial charge in [-0.25, -0.2) is 0 Å². The number of nitrogens with zero attached hydrogens (tertiary/aromatic N) is 4. The van der Waals surface area contributed by atoms with Gasteiger partial charge in [-0.2, -0.15) is 20.4 Å². The lowest BCUT2D eigenvalue weighted by Gasteiger charge is -1.91. The predicted octanol–water partition coefficient (Wildman–Crippen LogP) is 4.68. The van der Waals surface area contributed by atoms with Gasteiger partial charge >= 0.3 is 0 Å². The summed E-state index contributed by atoms with van der Waals surface area (Å²) in [5.74, 6) is -1.37. The molecule has 35 heavy (non-hydrogen) atoms. The lowest BCUT2D eigenvalue weighted by Crippen LogP contribution is -1.99. The van der Waals surface area contributed by atoms with E-state index < -0.39 is 0 Å². The molecule has 0 unspecified atom stereocenters. The van der Waals surface area contributed by atoms with Gasteiger partial charge in [0.05, 0.1) is 67.6 Å². The van der Waals surface area contributed by atoms with E-state index in [9.17, 15) is 19.2 Å². The highest BCUT2D eigenvalue weighted by molar-refractivity contribution is 7.38. The molecule has 0 atom stereocenters. The van der Waals surface area contributed by atoms with Gasteiger partial charge in [0.2, 0.25) is 0 Å². The van der Waals surface area contributed by atoms with Crippen molar-refractivity contribution in [2.45, 2.75) is 0 Å². The van der Waals surface area contributed by atoms with Crippen molar-refractivity contribution in [2.24, 2.45) is 0 Å². The molecule has 0 fully saturated rings. The number of fused-ring (bicyclic) bond motifs is 5. The average molecular weight is 513 g/mol. The minimum absolute atomic E-state index is 0.110. The number of hydrogen-bond donors (Lipinski definition) is 0. The van der Waals surface area contributed by atoms with Gasteiger partial charge in [0, 0.05) is 19.2 Å². The van der Waals surface area contributed by atoms with Crippen molar-refractivity contribution in [2.75, 3.05) is 0 Å². The lowest BCUT2D eigenvalue weighted by molar-refractivity contribution is 0.0975. The van der Waals surface area contributed by atoms with Gasteiger partial charge in [0.25, 0.3) is 0 Å². The molecule has 5 aromatic rings. The molecule has 8 nitrogen and oxygen atoms in total. The van der Waals surface area contributed by atoms with Gasteiger partial charge in [0.1, 0.15) is 0 Å². The van der Waals surface area contributed by atoms with Crippen LogP contribution in [-0.2, 0) is 0 Å². The van der Waals surface area contributed by atoms with Crippen LogP contribution in [0.15, 0.2) is 48.1 Å². The Bertz CT molecular complexity index is 1680. The minimum Gasteiger partial charge on any atom is -0.288 e. The standard InChI is InChI=1S/C24H8N4O4S3/c29-19-11(20(30)14-6-26-25-5-13(14)19)1-9-3-17-23(33-9)24-18(35-17)4-10(34-24)2-12-21(31)15-7-27-28-8-16(15)22(12)32/h1-8H.